The zero-order chi connectivity index (χ0) is 11.5. The fourth-order valence-corrected chi connectivity index (χ4v) is 1.85. The molecule has 2 nitrogen and oxygen atoms in total. The Kier molecular flexibility index (Phi) is 3.02. The molecule has 2 aromatic carbocycles. The van der Waals surface area contributed by atoms with Gasteiger partial charge in [0.05, 0.1) is 6.04 Å². The van der Waals surface area contributed by atoms with Crippen molar-refractivity contribution in [2.24, 2.45) is 5.73 Å². The minimum atomic E-state index is -0.397. The Morgan fingerprint density at radius 1 is 1.19 bits per heavy atom. The van der Waals surface area contributed by atoms with Crippen LogP contribution in [0.1, 0.15) is 12.5 Å². The molecule has 0 unspecified atom stereocenters. The molecule has 0 amide bonds. The van der Waals surface area contributed by atoms with Gasteiger partial charge in [-0.3, -0.25) is 4.79 Å². The van der Waals surface area contributed by atoms with Crippen molar-refractivity contribution in [1.29, 1.82) is 0 Å². The highest BCUT2D eigenvalue weighted by Crippen LogP contribution is 2.19. The molecular weight excluding hydrogens is 198 g/mol. The van der Waals surface area contributed by atoms with Crippen LogP contribution in [0.5, 0.6) is 0 Å². The fraction of sp³-hybridized carbons (Fsp3) is 0.214. The Balaban J connectivity index is 2.41. The Morgan fingerprint density at radius 3 is 2.62 bits per heavy atom. The van der Waals surface area contributed by atoms with Crippen LogP contribution in [0.25, 0.3) is 10.8 Å². The van der Waals surface area contributed by atoms with Gasteiger partial charge in [-0.1, -0.05) is 42.5 Å². The first-order chi connectivity index (χ1) is 7.68. The van der Waals surface area contributed by atoms with Crippen LogP contribution >= 0.6 is 0 Å². The Hall–Kier alpha value is -1.67. The molecule has 0 fully saturated rings. The van der Waals surface area contributed by atoms with Gasteiger partial charge in [-0.2, -0.15) is 0 Å². The van der Waals surface area contributed by atoms with Gasteiger partial charge in [0, 0.05) is 0 Å². The summed E-state index contributed by atoms with van der Waals surface area (Å²) in [6.07, 6.45) is 0.608. The molecule has 16 heavy (non-hydrogen) atoms. The summed E-state index contributed by atoms with van der Waals surface area (Å²) in [6.45, 7) is 1.54. The van der Waals surface area contributed by atoms with E-state index in [2.05, 4.69) is 18.2 Å². The molecular formula is C14H15NO. The monoisotopic (exact) mass is 213 g/mol. The minimum absolute atomic E-state index is 0.0351. The topological polar surface area (TPSA) is 43.1 Å². The maximum Gasteiger partial charge on any atom is 0.146 e. The van der Waals surface area contributed by atoms with Crippen LogP contribution < -0.4 is 5.73 Å². The third-order valence-corrected chi connectivity index (χ3v) is 2.84. The molecule has 0 aliphatic rings. The third kappa shape index (κ3) is 2.12. The highest BCUT2D eigenvalue weighted by molar-refractivity contribution is 5.87. The number of Topliss-reactive ketones (excluding diaryl/α,β-unsaturated/α-hetero) is 1. The highest BCUT2D eigenvalue weighted by Gasteiger charge is 2.10. The second kappa shape index (κ2) is 4.45. The third-order valence-electron chi connectivity index (χ3n) is 2.84. The lowest BCUT2D eigenvalue weighted by Crippen LogP contribution is -2.30. The van der Waals surface area contributed by atoms with Crippen molar-refractivity contribution in [1.82, 2.24) is 0 Å². The van der Waals surface area contributed by atoms with Crippen molar-refractivity contribution in [3.8, 4) is 0 Å². The summed E-state index contributed by atoms with van der Waals surface area (Å²) in [7, 11) is 0. The summed E-state index contributed by atoms with van der Waals surface area (Å²) in [4.78, 5) is 11.2. The largest absolute Gasteiger partial charge is 0.321 e. The normalized spacial score (nSPS) is 12.6. The number of hydrogen-bond acceptors (Lipinski definition) is 2. The molecule has 2 N–H and O–H groups in total. The molecule has 0 spiro atoms. The van der Waals surface area contributed by atoms with Crippen molar-refractivity contribution in [3.05, 3.63) is 48.0 Å². The first-order valence-corrected chi connectivity index (χ1v) is 5.41. The zero-order valence-corrected chi connectivity index (χ0v) is 9.31. The molecule has 0 saturated carbocycles. The summed E-state index contributed by atoms with van der Waals surface area (Å²) in [5.74, 6) is 0.0351. The van der Waals surface area contributed by atoms with E-state index in [9.17, 15) is 4.79 Å². The summed E-state index contributed by atoms with van der Waals surface area (Å²) in [5, 5.41) is 2.37. The van der Waals surface area contributed by atoms with Crippen LogP contribution in [0.3, 0.4) is 0 Å². The molecule has 0 bridgehead atoms. The maximum atomic E-state index is 11.2. The van der Waals surface area contributed by atoms with Gasteiger partial charge in [-0.15, -0.1) is 0 Å². The van der Waals surface area contributed by atoms with Gasteiger partial charge >= 0.3 is 0 Å². The number of ketones is 1. The number of nitrogens with two attached hydrogens (primary N) is 1. The lowest BCUT2D eigenvalue weighted by molar-refractivity contribution is -0.118. The van der Waals surface area contributed by atoms with Gasteiger partial charge in [-0.25, -0.2) is 0 Å². The van der Waals surface area contributed by atoms with Crippen molar-refractivity contribution < 1.29 is 4.79 Å². The van der Waals surface area contributed by atoms with Crippen LogP contribution in [-0.2, 0) is 11.2 Å². The summed E-state index contributed by atoms with van der Waals surface area (Å²) < 4.78 is 0. The first kappa shape index (κ1) is 10.8. The van der Waals surface area contributed by atoms with E-state index in [4.69, 9.17) is 5.73 Å². The Morgan fingerprint density at radius 2 is 1.88 bits per heavy atom. The number of rotatable bonds is 3. The van der Waals surface area contributed by atoms with Gasteiger partial charge < -0.3 is 5.73 Å². The predicted octanol–water partition coefficient (Wildman–Crippen LogP) is 2.30. The van der Waals surface area contributed by atoms with E-state index in [0.717, 1.165) is 5.56 Å². The summed E-state index contributed by atoms with van der Waals surface area (Å²) in [5.41, 5.74) is 6.93. The van der Waals surface area contributed by atoms with Crippen LogP contribution in [0.2, 0.25) is 0 Å². The number of hydrogen-bond donors (Lipinski definition) is 1. The molecule has 2 heteroatoms. The van der Waals surface area contributed by atoms with E-state index in [1.54, 1.807) is 0 Å². The van der Waals surface area contributed by atoms with Crippen LogP contribution in [-0.4, -0.2) is 11.8 Å². The molecule has 0 radical (unpaired) electrons. The number of benzene rings is 2. The first-order valence-electron chi connectivity index (χ1n) is 5.41. The molecule has 82 valence electrons. The number of carbonyl (C=O) groups is 1. The van der Waals surface area contributed by atoms with Crippen LogP contribution in [0.15, 0.2) is 42.5 Å². The van der Waals surface area contributed by atoms with Gasteiger partial charge in [0.15, 0.2) is 0 Å². The minimum Gasteiger partial charge on any atom is -0.321 e. The van der Waals surface area contributed by atoms with E-state index in [0.29, 0.717) is 6.42 Å². The maximum absolute atomic E-state index is 11.2. The molecule has 2 rings (SSSR count). The Labute approximate surface area is 95.1 Å². The van der Waals surface area contributed by atoms with Crippen molar-refractivity contribution in [2.45, 2.75) is 19.4 Å². The zero-order valence-electron chi connectivity index (χ0n) is 9.31. The summed E-state index contributed by atoms with van der Waals surface area (Å²) >= 11 is 0. The lowest BCUT2D eigenvalue weighted by Gasteiger charge is -2.10. The fourth-order valence-electron chi connectivity index (χ4n) is 1.85. The van der Waals surface area contributed by atoms with E-state index < -0.39 is 6.04 Å². The average molecular weight is 213 g/mol. The number of fused-ring (bicyclic) bond motifs is 1. The second-order valence-corrected chi connectivity index (χ2v) is 4.06. The van der Waals surface area contributed by atoms with E-state index in [-0.39, 0.29) is 5.78 Å². The molecule has 0 aliphatic carbocycles. The predicted molar refractivity (Wildman–Crippen MR) is 66.3 cm³/mol. The average Bonchev–Trinajstić information content (AvgIpc) is 2.29. The van der Waals surface area contributed by atoms with Crippen molar-refractivity contribution >= 4 is 16.6 Å². The van der Waals surface area contributed by atoms with Crippen LogP contribution in [0, 0.1) is 0 Å². The molecule has 0 saturated heterocycles. The van der Waals surface area contributed by atoms with Gasteiger partial charge in [0.25, 0.3) is 0 Å². The lowest BCUT2D eigenvalue weighted by atomic mass is 9.98. The molecule has 2 aromatic rings. The Bertz CT molecular complexity index is 514. The smallest absolute Gasteiger partial charge is 0.146 e. The quantitative estimate of drug-likeness (QED) is 0.850. The molecule has 0 heterocycles. The van der Waals surface area contributed by atoms with E-state index in [1.807, 2.05) is 24.3 Å². The van der Waals surface area contributed by atoms with Gasteiger partial charge in [0.2, 0.25) is 0 Å². The van der Waals surface area contributed by atoms with Crippen molar-refractivity contribution in [3.63, 3.8) is 0 Å². The van der Waals surface area contributed by atoms with Crippen LogP contribution in [0.4, 0.5) is 0 Å². The van der Waals surface area contributed by atoms with E-state index in [1.165, 1.54) is 17.7 Å². The highest BCUT2D eigenvalue weighted by atomic mass is 16.1. The van der Waals surface area contributed by atoms with E-state index >= 15 is 0 Å². The van der Waals surface area contributed by atoms with Gasteiger partial charge in [0.1, 0.15) is 5.78 Å². The second-order valence-electron chi connectivity index (χ2n) is 4.06. The summed E-state index contributed by atoms with van der Waals surface area (Å²) in [6, 6.07) is 13.9. The van der Waals surface area contributed by atoms with Crippen molar-refractivity contribution in [2.75, 3.05) is 0 Å². The molecule has 1 atom stereocenters. The van der Waals surface area contributed by atoms with Gasteiger partial charge in [-0.05, 0) is 29.7 Å². The molecule has 0 aliphatic heterocycles. The number of carbonyl (C=O) groups excluding carboxylic acids is 1. The SMILES string of the molecule is CC(=O)[C@@H](N)Cc1cccc2ccccc12. The standard InChI is InChI=1S/C14H15NO/c1-10(16)14(15)9-12-7-4-6-11-5-2-3-8-13(11)12/h2-8,14H,9,15H2,1H3/t14-/m0/s1. The molecule has 0 aromatic heterocycles.